The van der Waals surface area contributed by atoms with Crippen LogP contribution in [-0.4, -0.2) is 8.76 Å². The van der Waals surface area contributed by atoms with Crippen LogP contribution < -0.4 is 18.9 Å². The van der Waals surface area contributed by atoms with Crippen molar-refractivity contribution in [1.29, 1.82) is 0 Å². The maximum Gasteiger partial charge on any atom is 1.00 e. The number of rotatable bonds is 1. The Balaban J connectivity index is 0.00000196. The van der Waals surface area contributed by atoms with Gasteiger partial charge in [-0.3, -0.25) is 4.21 Å². The number of hydrogen-bond donors (Lipinski definition) is 0. The van der Waals surface area contributed by atoms with E-state index in [0.717, 1.165) is 6.07 Å². The van der Waals surface area contributed by atoms with Crippen LogP contribution in [0, 0.1) is 6.92 Å². The molecule has 0 amide bonds. The van der Waals surface area contributed by atoms with Gasteiger partial charge in [0.05, 0.1) is 5.56 Å². The zero-order valence-corrected chi connectivity index (χ0v) is 8.91. The van der Waals surface area contributed by atoms with E-state index in [-0.39, 0.29) is 24.4 Å². The first kappa shape index (κ1) is 14.7. The molecule has 1 unspecified atom stereocenters. The summed E-state index contributed by atoms with van der Waals surface area (Å²) >= 11 is -2.87. The number of benzene rings is 1. The Morgan fingerprint density at radius 2 is 1.87 bits per heavy atom. The summed E-state index contributed by atoms with van der Waals surface area (Å²) in [4.78, 5) is -0.681. The summed E-state index contributed by atoms with van der Waals surface area (Å²) in [7, 11) is 0. The second-order valence-electron chi connectivity index (χ2n) is 2.68. The summed E-state index contributed by atoms with van der Waals surface area (Å²) in [6, 6.07) is 3.24. The van der Waals surface area contributed by atoms with Crippen molar-refractivity contribution in [3.8, 4) is 0 Å². The van der Waals surface area contributed by atoms with Crippen molar-refractivity contribution in [2.45, 2.75) is 18.0 Å². The van der Waals surface area contributed by atoms with Crippen LogP contribution in [0.3, 0.4) is 0 Å². The average molecular weight is 230 g/mol. The molecule has 7 heteroatoms. The maximum atomic E-state index is 12.3. The number of aryl methyl sites for hydroxylation is 1. The van der Waals surface area contributed by atoms with E-state index in [4.69, 9.17) is 0 Å². The normalized spacial score (nSPS) is 13.1. The van der Waals surface area contributed by atoms with Crippen molar-refractivity contribution in [1.82, 2.24) is 0 Å². The van der Waals surface area contributed by atoms with Crippen molar-refractivity contribution < 1.29 is 40.8 Å². The van der Waals surface area contributed by atoms with E-state index in [9.17, 15) is 21.9 Å². The minimum atomic E-state index is -4.64. The molecule has 0 aliphatic carbocycles. The molecule has 1 atom stereocenters. The summed E-state index contributed by atoms with van der Waals surface area (Å²) in [6.07, 6.45) is -4.64. The van der Waals surface area contributed by atoms with Crippen LogP contribution in [0.2, 0.25) is 0 Å². The molecule has 0 radical (unpaired) electrons. The van der Waals surface area contributed by atoms with Gasteiger partial charge in [-0.05, 0) is 29.6 Å². The molecule has 0 aliphatic rings. The second kappa shape index (κ2) is 5.17. The zero-order chi connectivity index (χ0) is 10.9. The Bertz CT molecular complexity index is 379. The Hall–Kier alpha value is -0.283. The monoisotopic (exact) mass is 230 g/mol. The molecule has 0 bridgehead atoms. The first-order chi connectivity index (χ1) is 6.34. The Kier molecular flexibility index (Phi) is 5.07. The van der Waals surface area contributed by atoms with E-state index in [2.05, 4.69) is 0 Å². The molecule has 0 spiro atoms. The average Bonchev–Trinajstić information content (AvgIpc) is 2.01. The molecular formula is C8H6F3LiO2S. The van der Waals surface area contributed by atoms with Gasteiger partial charge in [-0.25, -0.2) is 0 Å². The van der Waals surface area contributed by atoms with E-state index in [1.54, 1.807) is 0 Å². The van der Waals surface area contributed by atoms with Crippen molar-refractivity contribution in [2.75, 3.05) is 0 Å². The molecule has 0 heterocycles. The predicted molar refractivity (Wildman–Crippen MR) is 43.4 cm³/mol. The van der Waals surface area contributed by atoms with Gasteiger partial charge in [0.1, 0.15) is 0 Å². The largest absolute Gasteiger partial charge is 1.00 e. The van der Waals surface area contributed by atoms with Crippen LogP contribution >= 0.6 is 0 Å². The first-order valence-corrected chi connectivity index (χ1v) is 4.67. The van der Waals surface area contributed by atoms with E-state index >= 15 is 0 Å². The van der Waals surface area contributed by atoms with Gasteiger partial charge in [0.15, 0.2) is 0 Å². The van der Waals surface area contributed by atoms with Gasteiger partial charge in [-0.15, -0.1) is 0 Å². The molecule has 15 heavy (non-hydrogen) atoms. The minimum Gasteiger partial charge on any atom is -0.768 e. The van der Waals surface area contributed by atoms with E-state index in [0.29, 0.717) is 0 Å². The quantitative estimate of drug-likeness (QED) is 0.470. The van der Waals surface area contributed by atoms with Crippen LogP contribution in [0.15, 0.2) is 23.1 Å². The maximum absolute atomic E-state index is 12.3. The van der Waals surface area contributed by atoms with Crippen LogP contribution in [0.5, 0.6) is 0 Å². The molecule has 0 saturated heterocycles. The van der Waals surface area contributed by atoms with Gasteiger partial charge in [-0.2, -0.15) is 13.2 Å². The number of hydrogen-bond acceptors (Lipinski definition) is 2. The molecule has 1 aromatic carbocycles. The molecule has 78 valence electrons. The minimum absolute atomic E-state index is 0. The molecular weight excluding hydrogens is 224 g/mol. The summed E-state index contributed by atoms with van der Waals surface area (Å²) in [5.41, 5.74) is -1.03. The third-order valence-electron chi connectivity index (χ3n) is 1.68. The molecule has 1 rings (SSSR count). The standard InChI is InChI=1S/C8H7F3O2S.Li/c1-5-3-2-4-6(8(9,10)11)7(5)14(12)13;/h2-4H,1H3,(H,12,13);/q;+1/p-1. The van der Waals surface area contributed by atoms with Gasteiger partial charge in [-0.1, -0.05) is 12.1 Å². The first-order valence-electron chi connectivity index (χ1n) is 3.60. The topological polar surface area (TPSA) is 40.1 Å². The van der Waals surface area contributed by atoms with Crippen molar-refractivity contribution in [2.24, 2.45) is 0 Å². The fourth-order valence-electron chi connectivity index (χ4n) is 1.10. The third kappa shape index (κ3) is 3.35. The zero-order valence-electron chi connectivity index (χ0n) is 8.09. The van der Waals surface area contributed by atoms with Crippen molar-refractivity contribution in [3.63, 3.8) is 0 Å². The van der Waals surface area contributed by atoms with Gasteiger partial charge in [0.2, 0.25) is 0 Å². The van der Waals surface area contributed by atoms with Gasteiger partial charge >= 0.3 is 25.0 Å². The summed E-state index contributed by atoms with van der Waals surface area (Å²) < 4.78 is 58.1. The van der Waals surface area contributed by atoms with Crippen LogP contribution in [0.1, 0.15) is 11.1 Å². The molecule has 2 nitrogen and oxygen atoms in total. The molecule has 0 aliphatic heterocycles. The SMILES string of the molecule is Cc1cccc(C(F)(F)F)c1S(=O)[O-].[Li+]. The molecule has 0 fully saturated rings. The van der Waals surface area contributed by atoms with Crippen molar-refractivity contribution >= 4 is 11.1 Å². The summed E-state index contributed by atoms with van der Waals surface area (Å²) in [5.74, 6) is 0. The van der Waals surface area contributed by atoms with Gasteiger partial charge < -0.3 is 4.55 Å². The third-order valence-corrected chi connectivity index (χ3v) is 2.56. The van der Waals surface area contributed by atoms with E-state index in [1.165, 1.54) is 19.1 Å². The Morgan fingerprint density at radius 3 is 2.20 bits per heavy atom. The van der Waals surface area contributed by atoms with Crippen LogP contribution in [-0.2, 0) is 17.3 Å². The molecule has 1 aromatic rings. The summed E-state index contributed by atoms with van der Waals surface area (Å²) in [6.45, 7) is 1.32. The van der Waals surface area contributed by atoms with E-state index < -0.39 is 27.7 Å². The van der Waals surface area contributed by atoms with Gasteiger partial charge in [0, 0.05) is 4.90 Å². The Morgan fingerprint density at radius 1 is 1.33 bits per heavy atom. The number of alkyl halides is 3. The summed E-state index contributed by atoms with van der Waals surface area (Å²) in [5, 5.41) is 0. The molecule has 0 aromatic heterocycles. The fraction of sp³-hybridized carbons (Fsp3) is 0.250. The van der Waals surface area contributed by atoms with Crippen molar-refractivity contribution in [3.05, 3.63) is 29.3 Å². The van der Waals surface area contributed by atoms with E-state index in [1.807, 2.05) is 0 Å². The second-order valence-corrected chi connectivity index (χ2v) is 3.56. The van der Waals surface area contributed by atoms with Crippen LogP contribution in [0.25, 0.3) is 0 Å². The molecule has 0 saturated carbocycles. The predicted octanol–water partition coefficient (Wildman–Crippen LogP) is -0.744. The van der Waals surface area contributed by atoms with Gasteiger partial charge in [0.25, 0.3) is 0 Å². The molecule has 0 N–H and O–H groups in total. The van der Waals surface area contributed by atoms with Crippen LogP contribution in [0.4, 0.5) is 13.2 Å². The smallest absolute Gasteiger partial charge is 0.768 e. The number of halogens is 3. The Labute approximate surface area is 99.3 Å². The fourth-order valence-corrected chi connectivity index (χ4v) is 1.79.